The first-order valence-corrected chi connectivity index (χ1v) is 13.3. The van der Waals surface area contributed by atoms with E-state index in [1.807, 2.05) is 37.3 Å². The number of anilines is 2. The molecule has 3 aromatic rings. The zero-order valence-corrected chi connectivity index (χ0v) is 20.1. The number of ketones is 1. The number of carbonyl (C=O) groups is 1. The highest BCUT2D eigenvalue weighted by atomic mass is 35.5. The number of carbonyl (C=O) groups excluding carboxylic acids is 1. The molecule has 1 heterocycles. The van der Waals surface area contributed by atoms with E-state index in [0.717, 1.165) is 23.1 Å². The molecule has 0 spiro atoms. The molecule has 0 atom stereocenters. The molecule has 2 aromatic carbocycles. The second-order valence-electron chi connectivity index (χ2n) is 6.74. The molecule has 2 N–H and O–H groups in total. The Bertz CT molecular complexity index is 1160. The van der Waals surface area contributed by atoms with Crippen LogP contribution in [-0.2, 0) is 16.4 Å². The van der Waals surface area contributed by atoms with Crippen LogP contribution in [0.4, 0.5) is 10.8 Å². The summed E-state index contributed by atoms with van der Waals surface area (Å²) >= 11 is 8.85. The summed E-state index contributed by atoms with van der Waals surface area (Å²) in [4.78, 5) is 12.5. The summed E-state index contributed by atoms with van der Waals surface area (Å²) in [6.45, 7) is 2.25. The molecule has 0 fully saturated rings. The van der Waals surface area contributed by atoms with Gasteiger partial charge in [0.25, 0.3) is 0 Å². The Morgan fingerprint density at radius 1 is 1.16 bits per heavy atom. The van der Waals surface area contributed by atoms with Gasteiger partial charge in [-0.15, -0.1) is 10.2 Å². The fourth-order valence-corrected chi connectivity index (χ4v) is 4.93. The summed E-state index contributed by atoms with van der Waals surface area (Å²) < 4.78 is 25.3. The lowest BCUT2D eigenvalue weighted by Crippen LogP contribution is -2.24. The average molecular weight is 497 g/mol. The van der Waals surface area contributed by atoms with Crippen molar-refractivity contribution < 1.29 is 13.2 Å². The van der Waals surface area contributed by atoms with Gasteiger partial charge in [-0.3, -0.25) is 4.79 Å². The van der Waals surface area contributed by atoms with Crippen molar-refractivity contribution in [3.05, 3.63) is 64.2 Å². The maximum absolute atomic E-state index is 12.5. The molecule has 164 valence electrons. The van der Waals surface area contributed by atoms with Gasteiger partial charge < -0.3 is 5.32 Å². The van der Waals surface area contributed by atoms with Crippen LogP contribution in [0.5, 0.6) is 0 Å². The van der Waals surface area contributed by atoms with E-state index in [9.17, 15) is 13.2 Å². The molecule has 1 aromatic heterocycles. The second-order valence-corrected chi connectivity index (χ2v) is 11.2. The van der Waals surface area contributed by atoms with Gasteiger partial charge in [0.15, 0.2) is 10.1 Å². The monoisotopic (exact) mass is 496 g/mol. The average Bonchev–Trinajstić information content (AvgIpc) is 3.17. The predicted octanol–water partition coefficient (Wildman–Crippen LogP) is 4.31. The second kappa shape index (κ2) is 10.6. The van der Waals surface area contributed by atoms with Crippen molar-refractivity contribution in [1.29, 1.82) is 0 Å². The number of nitrogens with zero attached hydrogens (tertiary/aromatic N) is 2. The topological polar surface area (TPSA) is 101 Å². The predicted molar refractivity (Wildman–Crippen MR) is 127 cm³/mol. The number of hydrogen-bond donors (Lipinski definition) is 2. The van der Waals surface area contributed by atoms with Gasteiger partial charge >= 0.3 is 0 Å². The Balaban J connectivity index is 1.51. The Kier molecular flexibility index (Phi) is 8.06. The van der Waals surface area contributed by atoms with Crippen molar-refractivity contribution in [3.8, 4) is 0 Å². The number of Topliss-reactive ketones (excluding diaryl/α,β-unsaturated/α-hetero) is 1. The van der Waals surface area contributed by atoms with Crippen molar-refractivity contribution in [2.24, 2.45) is 0 Å². The summed E-state index contributed by atoms with van der Waals surface area (Å²) in [7, 11) is -3.20. The molecule has 0 saturated heterocycles. The molecule has 0 radical (unpaired) electrons. The molecular formula is C20H21ClN4O3S3. The van der Waals surface area contributed by atoms with Crippen LogP contribution < -0.4 is 10.0 Å². The first kappa shape index (κ1) is 23.7. The Hall–Kier alpha value is -1.98. The molecule has 0 amide bonds. The number of benzene rings is 2. The van der Waals surface area contributed by atoms with Crippen molar-refractivity contribution in [3.63, 3.8) is 0 Å². The van der Waals surface area contributed by atoms with Crippen LogP contribution in [0, 0.1) is 6.92 Å². The summed E-state index contributed by atoms with van der Waals surface area (Å²) in [5.41, 5.74) is 3.35. The number of hydrogen-bond acceptors (Lipinski definition) is 8. The molecule has 0 bridgehead atoms. The van der Waals surface area contributed by atoms with Crippen LogP contribution in [0.3, 0.4) is 0 Å². The molecule has 11 heteroatoms. The number of nitrogens with one attached hydrogen (secondary N) is 2. The van der Waals surface area contributed by atoms with Crippen LogP contribution in [0.15, 0.2) is 46.8 Å². The third-order valence-electron chi connectivity index (χ3n) is 4.30. The highest BCUT2D eigenvalue weighted by molar-refractivity contribution is 8.01. The number of thioether (sulfide) groups is 1. The van der Waals surface area contributed by atoms with Gasteiger partial charge in [0, 0.05) is 22.8 Å². The Morgan fingerprint density at radius 2 is 1.90 bits per heavy atom. The zero-order valence-electron chi connectivity index (χ0n) is 16.9. The van der Waals surface area contributed by atoms with Gasteiger partial charge in [0.2, 0.25) is 15.2 Å². The summed E-state index contributed by atoms with van der Waals surface area (Å²) in [5.74, 6) is 0.237. The van der Waals surface area contributed by atoms with E-state index >= 15 is 0 Å². The van der Waals surface area contributed by atoms with Gasteiger partial charge in [-0.1, -0.05) is 65.0 Å². The van der Waals surface area contributed by atoms with E-state index in [1.54, 1.807) is 12.1 Å². The van der Waals surface area contributed by atoms with Gasteiger partial charge in [-0.05, 0) is 36.6 Å². The lowest BCUT2D eigenvalue weighted by molar-refractivity contribution is 0.102. The maximum atomic E-state index is 12.5. The fraction of sp³-hybridized carbons (Fsp3) is 0.250. The molecule has 0 saturated carbocycles. The van der Waals surface area contributed by atoms with E-state index in [0.29, 0.717) is 33.0 Å². The smallest absolute Gasteiger partial charge is 0.210 e. The van der Waals surface area contributed by atoms with Crippen LogP contribution in [0.2, 0.25) is 5.02 Å². The summed E-state index contributed by atoms with van der Waals surface area (Å²) in [6, 6.07) is 12.8. The van der Waals surface area contributed by atoms with E-state index in [-0.39, 0.29) is 11.5 Å². The third-order valence-corrected chi connectivity index (χ3v) is 7.41. The largest absolute Gasteiger partial charge is 0.330 e. The van der Waals surface area contributed by atoms with Crippen LogP contribution in [0.25, 0.3) is 0 Å². The minimum Gasteiger partial charge on any atom is -0.330 e. The molecule has 0 aliphatic rings. The fourth-order valence-electron chi connectivity index (χ4n) is 2.63. The third kappa shape index (κ3) is 7.29. The van der Waals surface area contributed by atoms with Crippen LogP contribution in [0.1, 0.15) is 21.5 Å². The normalized spacial score (nSPS) is 11.5. The first-order valence-electron chi connectivity index (χ1n) is 9.26. The van der Waals surface area contributed by atoms with Crippen molar-refractivity contribution in [1.82, 2.24) is 14.9 Å². The molecule has 7 nitrogen and oxygen atoms in total. The quantitative estimate of drug-likeness (QED) is 0.318. The first-order chi connectivity index (χ1) is 14.7. The van der Waals surface area contributed by atoms with Crippen molar-refractivity contribution in [2.45, 2.75) is 17.7 Å². The molecular weight excluding hydrogens is 476 g/mol. The van der Waals surface area contributed by atoms with Gasteiger partial charge in [0.1, 0.15) is 0 Å². The molecule has 0 aliphatic carbocycles. The minimum atomic E-state index is -3.20. The van der Waals surface area contributed by atoms with E-state index < -0.39 is 10.0 Å². The van der Waals surface area contributed by atoms with Crippen molar-refractivity contribution in [2.75, 3.05) is 23.9 Å². The lowest BCUT2D eigenvalue weighted by Gasteiger charge is -2.06. The number of aromatic nitrogens is 2. The maximum Gasteiger partial charge on any atom is 0.210 e. The van der Waals surface area contributed by atoms with Gasteiger partial charge in [0.05, 0.1) is 12.0 Å². The number of halogens is 1. The molecule has 3 rings (SSSR count). The number of rotatable bonds is 10. The highest BCUT2D eigenvalue weighted by Crippen LogP contribution is 2.31. The molecule has 0 aliphatic heterocycles. The zero-order chi connectivity index (χ0) is 22.4. The lowest BCUT2D eigenvalue weighted by atomic mass is 10.1. The van der Waals surface area contributed by atoms with Crippen LogP contribution >= 0.6 is 34.7 Å². The van der Waals surface area contributed by atoms with E-state index in [2.05, 4.69) is 20.2 Å². The van der Waals surface area contributed by atoms with E-state index in [1.165, 1.54) is 23.1 Å². The molecule has 0 unspecified atom stereocenters. The SMILES string of the molecule is Cc1c(Cl)cccc1Nc1nnc(SCC(=O)c2ccc(CCNS(C)(=O)=O)cc2)s1. The summed E-state index contributed by atoms with van der Waals surface area (Å²) in [5, 5.41) is 12.8. The summed E-state index contributed by atoms with van der Waals surface area (Å²) in [6.07, 6.45) is 1.69. The highest BCUT2D eigenvalue weighted by Gasteiger charge is 2.12. The van der Waals surface area contributed by atoms with Crippen LogP contribution in [-0.4, -0.2) is 43.0 Å². The Morgan fingerprint density at radius 3 is 2.61 bits per heavy atom. The van der Waals surface area contributed by atoms with Gasteiger partial charge in [-0.25, -0.2) is 13.1 Å². The van der Waals surface area contributed by atoms with Gasteiger partial charge in [-0.2, -0.15) is 0 Å². The van der Waals surface area contributed by atoms with Crippen molar-refractivity contribution >= 4 is 61.3 Å². The minimum absolute atomic E-state index is 0.0128. The van der Waals surface area contributed by atoms with E-state index in [4.69, 9.17) is 11.6 Å². The standard InChI is InChI=1S/C20H21ClN4O3S3/c1-13-16(21)4-3-5-17(13)23-19-24-25-20(30-19)29-12-18(26)15-8-6-14(7-9-15)10-11-22-31(2,27)28/h3-9,22H,10-12H2,1-2H3,(H,23,24). The molecule has 31 heavy (non-hydrogen) atoms. The number of sulfonamides is 1. The Labute approximate surface area is 194 Å².